The van der Waals surface area contributed by atoms with Crippen LogP contribution in [0.25, 0.3) is 0 Å². The number of hydrogen-bond acceptors (Lipinski definition) is 8. The highest BCUT2D eigenvalue weighted by molar-refractivity contribution is 5.78. The fraction of sp³-hybridized carbons (Fsp3) is 0.857. The summed E-state index contributed by atoms with van der Waals surface area (Å²) in [7, 11) is 0. The largest absolute Gasteiger partial charge is 0.378 e. The maximum absolute atomic E-state index is 12.2. The quantitative estimate of drug-likeness (QED) is 0.781. The minimum atomic E-state index is -0.843. The number of likely N-dealkylation sites (tertiary alicyclic amines) is 1. The summed E-state index contributed by atoms with van der Waals surface area (Å²) in [6, 6.07) is 0.388. The van der Waals surface area contributed by atoms with E-state index in [9.17, 15) is 9.90 Å². The number of fused-ring (bicyclic) bond motifs is 1. The fourth-order valence-corrected chi connectivity index (χ4v) is 5.35. The SMILES string of the molecule is CC(C)C(=O)N1CCC(c2noc(C3CCC4OC(O)N(C5COC5)C4C3)n2)CC1. The Morgan fingerprint density at radius 1 is 1.13 bits per heavy atom. The molecule has 3 saturated heterocycles. The lowest BCUT2D eigenvalue weighted by molar-refractivity contribution is -0.192. The zero-order valence-electron chi connectivity index (χ0n) is 17.8. The van der Waals surface area contributed by atoms with Gasteiger partial charge in [0.25, 0.3) is 0 Å². The summed E-state index contributed by atoms with van der Waals surface area (Å²) in [4.78, 5) is 21.0. The van der Waals surface area contributed by atoms with Crippen LogP contribution in [0.15, 0.2) is 4.52 Å². The van der Waals surface area contributed by atoms with E-state index in [0.29, 0.717) is 19.1 Å². The Kier molecular flexibility index (Phi) is 5.55. The number of aliphatic hydroxyl groups is 1. The van der Waals surface area contributed by atoms with Crippen molar-refractivity contribution in [3.8, 4) is 0 Å². The average molecular weight is 421 g/mol. The number of ether oxygens (including phenoxy) is 2. The van der Waals surface area contributed by atoms with Crippen molar-refractivity contribution < 1.29 is 23.9 Å². The minimum absolute atomic E-state index is 0.0394. The molecule has 9 heteroatoms. The topological polar surface area (TPSA) is 101 Å². The fourth-order valence-electron chi connectivity index (χ4n) is 5.35. The van der Waals surface area contributed by atoms with Gasteiger partial charge in [0, 0.05) is 36.9 Å². The number of piperidine rings is 1. The number of carbonyl (C=O) groups is 1. The Morgan fingerprint density at radius 3 is 2.57 bits per heavy atom. The molecule has 4 atom stereocenters. The summed E-state index contributed by atoms with van der Waals surface area (Å²) in [6.07, 6.45) is 3.62. The van der Waals surface area contributed by atoms with Gasteiger partial charge in [-0.15, -0.1) is 0 Å². The second kappa shape index (κ2) is 8.18. The summed E-state index contributed by atoms with van der Waals surface area (Å²) >= 11 is 0. The molecular formula is C21H32N4O5. The van der Waals surface area contributed by atoms with E-state index in [1.54, 1.807) is 0 Å². The molecule has 1 N–H and O–H groups in total. The van der Waals surface area contributed by atoms with Gasteiger partial charge >= 0.3 is 0 Å². The molecule has 1 aromatic rings. The van der Waals surface area contributed by atoms with Gasteiger partial charge in [-0.2, -0.15) is 4.98 Å². The van der Waals surface area contributed by atoms with Crippen LogP contribution >= 0.6 is 0 Å². The Hall–Kier alpha value is -1.55. The number of aromatic nitrogens is 2. The van der Waals surface area contributed by atoms with Gasteiger partial charge in [-0.1, -0.05) is 19.0 Å². The van der Waals surface area contributed by atoms with Gasteiger partial charge < -0.3 is 24.0 Å². The third-order valence-electron chi connectivity index (χ3n) is 7.20. The maximum Gasteiger partial charge on any atom is 0.229 e. The van der Waals surface area contributed by atoms with Crippen molar-refractivity contribution in [1.29, 1.82) is 0 Å². The van der Waals surface area contributed by atoms with Crippen molar-refractivity contribution in [2.75, 3.05) is 26.3 Å². The van der Waals surface area contributed by atoms with E-state index in [-0.39, 0.29) is 41.8 Å². The number of rotatable bonds is 4. The third-order valence-corrected chi connectivity index (χ3v) is 7.20. The molecule has 0 spiro atoms. The number of nitrogens with zero attached hydrogens (tertiary/aromatic N) is 4. The van der Waals surface area contributed by atoms with E-state index >= 15 is 0 Å². The lowest BCUT2D eigenvalue weighted by Gasteiger charge is -2.41. The van der Waals surface area contributed by atoms with Gasteiger partial charge in [0.2, 0.25) is 18.2 Å². The van der Waals surface area contributed by atoms with E-state index < -0.39 is 6.41 Å². The first-order valence-corrected chi connectivity index (χ1v) is 11.3. The van der Waals surface area contributed by atoms with Gasteiger partial charge in [-0.05, 0) is 32.1 Å². The second-order valence-electron chi connectivity index (χ2n) is 9.46. The van der Waals surface area contributed by atoms with E-state index in [1.807, 2.05) is 18.7 Å². The van der Waals surface area contributed by atoms with Crippen molar-refractivity contribution in [2.24, 2.45) is 5.92 Å². The summed E-state index contributed by atoms with van der Waals surface area (Å²) in [5.41, 5.74) is 0. The van der Waals surface area contributed by atoms with Crippen molar-refractivity contribution >= 4 is 5.91 Å². The van der Waals surface area contributed by atoms with Crippen LogP contribution in [0.5, 0.6) is 0 Å². The third kappa shape index (κ3) is 3.66. The molecular weight excluding hydrogens is 388 g/mol. The Balaban J connectivity index is 1.21. The Labute approximate surface area is 176 Å². The molecule has 5 rings (SSSR count). The smallest absolute Gasteiger partial charge is 0.229 e. The van der Waals surface area contributed by atoms with E-state index in [1.165, 1.54) is 0 Å². The molecule has 9 nitrogen and oxygen atoms in total. The van der Waals surface area contributed by atoms with Gasteiger partial charge in [-0.3, -0.25) is 4.79 Å². The number of aliphatic hydroxyl groups excluding tert-OH is 1. The van der Waals surface area contributed by atoms with E-state index in [2.05, 4.69) is 10.1 Å². The molecule has 1 aliphatic carbocycles. The molecule has 4 aliphatic rings. The molecule has 1 amide bonds. The number of hydrogen-bond donors (Lipinski definition) is 1. The molecule has 4 unspecified atom stereocenters. The highest BCUT2D eigenvalue weighted by Gasteiger charge is 2.50. The van der Waals surface area contributed by atoms with Gasteiger partial charge in [-0.25, -0.2) is 4.90 Å². The summed E-state index contributed by atoms with van der Waals surface area (Å²) in [5, 5.41) is 14.6. The molecule has 1 aromatic heterocycles. The maximum atomic E-state index is 12.2. The van der Waals surface area contributed by atoms with Crippen molar-refractivity contribution in [3.05, 3.63) is 11.7 Å². The van der Waals surface area contributed by atoms with Crippen LogP contribution in [0.2, 0.25) is 0 Å². The van der Waals surface area contributed by atoms with Gasteiger partial charge in [0.05, 0.1) is 25.4 Å². The molecule has 30 heavy (non-hydrogen) atoms. The average Bonchev–Trinajstić information content (AvgIpc) is 3.31. The van der Waals surface area contributed by atoms with Crippen LogP contribution < -0.4 is 0 Å². The summed E-state index contributed by atoms with van der Waals surface area (Å²) in [6.45, 7) is 6.71. The van der Waals surface area contributed by atoms with Crippen LogP contribution in [-0.2, 0) is 14.3 Å². The Bertz CT molecular complexity index is 758. The second-order valence-corrected chi connectivity index (χ2v) is 9.46. The molecule has 0 aromatic carbocycles. The molecule has 166 valence electrons. The minimum Gasteiger partial charge on any atom is -0.378 e. The highest BCUT2D eigenvalue weighted by Crippen LogP contribution is 2.42. The molecule has 0 radical (unpaired) electrons. The molecule has 3 aliphatic heterocycles. The zero-order chi connectivity index (χ0) is 20.8. The molecule has 4 heterocycles. The van der Waals surface area contributed by atoms with Crippen LogP contribution in [0.4, 0.5) is 0 Å². The molecule has 4 fully saturated rings. The lowest BCUT2D eigenvalue weighted by Crippen LogP contribution is -2.56. The first kappa shape index (κ1) is 20.4. The standard InChI is InChI=1S/C21H32N4O5/c1-12(2)20(26)24-7-5-13(6-8-24)18-22-19(30-23-18)14-3-4-17-16(9-14)25(21(27)29-17)15-10-28-11-15/h12-17,21,27H,3-11H2,1-2H3. The summed E-state index contributed by atoms with van der Waals surface area (Å²) in [5.74, 6) is 2.17. The summed E-state index contributed by atoms with van der Waals surface area (Å²) < 4.78 is 16.8. The predicted octanol–water partition coefficient (Wildman–Crippen LogP) is 1.44. The number of amides is 1. The van der Waals surface area contributed by atoms with Crippen LogP contribution in [0.1, 0.15) is 69.5 Å². The first-order chi connectivity index (χ1) is 14.5. The van der Waals surface area contributed by atoms with Gasteiger partial charge in [0.15, 0.2) is 5.82 Å². The number of carbonyl (C=O) groups excluding carboxylic acids is 1. The van der Waals surface area contributed by atoms with Crippen molar-refractivity contribution in [1.82, 2.24) is 19.9 Å². The van der Waals surface area contributed by atoms with Crippen LogP contribution in [-0.4, -0.2) is 81.9 Å². The van der Waals surface area contributed by atoms with Crippen LogP contribution in [0.3, 0.4) is 0 Å². The highest BCUT2D eigenvalue weighted by atomic mass is 16.6. The first-order valence-electron chi connectivity index (χ1n) is 11.3. The van der Waals surface area contributed by atoms with Crippen LogP contribution in [0, 0.1) is 5.92 Å². The van der Waals surface area contributed by atoms with E-state index in [4.69, 9.17) is 19.0 Å². The normalized spacial score (nSPS) is 33.7. The zero-order valence-corrected chi connectivity index (χ0v) is 17.8. The van der Waals surface area contributed by atoms with E-state index in [0.717, 1.165) is 51.0 Å². The van der Waals surface area contributed by atoms with Crippen molar-refractivity contribution in [3.63, 3.8) is 0 Å². The van der Waals surface area contributed by atoms with Crippen molar-refractivity contribution in [2.45, 2.75) is 82.4 Å². The van der Waals surface area contributed by atoms with Gasteiger partial charge in [0.1, 0.15) is 0 Å². The molecule has 0 bridgehead atoms. The Morgan fingerprint density at radius 2 is 1.90 bits per heavy atom. The lowest BCUT2D eigenvalue weighted by atomic mass is 9.83. The predicted molar refractivity (Wildman–Crippen MR) is 105 cm³/mol. The monoisotopic (exact) mass is 420 g/mol. The molecule has 1 saturated carbocycles.